The van der Waals surface area contributed by atoms with Crippen LogP contribution >= 0.6 is 22.6 Å². The number of halogens is 2. The number of alkyl halides is 2. The summed E-state index contributed by atoms with van der Waals surface area (Å²) in [6, 6.07) is 6.36. The number of nitrogens with zero attached hydrogens (tertiary/aromatic N) is 7. The first-order valence-corrected chi connectivity index (χ1v) is 28.7. The minimum Gasteiger partial charge on any atom is -0.448 e. The second-order valence-electron chi connectivity index (χ2n) is 24.2. The minimum atomic E-state index is -1.85. The normalized spacial score (nSPS) is 39.0. The molecule has 434 valence electrons. The minimum absolute atomic E-state index is 0.183. The van der Waals surface area contributed by atoms with E-state index in [-0.39, 0.29) is 24.9 Å². The van der Waals surface area contributed by atoms with E-state index in [2.05, 4.69) is 39.3 Å². The number of methoxy groups -OCH3 is 1. The monoisotopic (exact) mass is 1190 g/mol. The highest BCUT2D eigenvalue weighted by Gasteiger charge is 2.52. The zero-order chi connectivity index (χ0) is 56.2. The van der Waals surface area contributed by atoms with E-state index in [0.717, 1.165) is 38.3 Å². The van der Waals surface area contributed by atoms with Gasteiger partial charge in [-0.3, -0.25) is 9.69 Å². The van der Waals surface area contributed by atoms with E-state index in [9.17, 15) is 34.7 Å². The number of likely N-dealkylation sites (N-methyl/N-ethyl adjacent to an activating group) is 3. The van der Waals surface area contributed by atoms with Gasteiger partial charge in [-0.1, -0.05) is 57.2 Å². The summed E-state index contributed by atoms with van der Waals surface area (Å²) in [4.78, 5) is 23.0. The van der Waals surface area contributed by atoms with Crippen LogP contribution in [0.5, 0.6) is 0 Å². The molecule has 0 saturated carbocycles. The highest BCUT2D eigenvalue weighted by Crippen LogP contribution is 2.42. The van der Waals surface area contributed by atoms with Crippen molar-refractivity contribution in [3.05, 3.63) is 47.3 Å². The van der Waals surface area contributed by atoms with Crippen molar-refractivity contribution in [2.75, 3.05) is 74.2 Å². The Kier molecular flexibility index (Phi) is 22.2. The van der Waals surface area contributed by atoms with Crippen LogP contribution in [0.1, 0.15) is 117 Å². The predicted molar refractivity (Wildman–Crippen MR) is 293 cm³/mol. The van der Waals surface area contributed by atoms with Crippen LogP contribution < -0.4 is 0 Å². The summed E-state index contributed by atoms with van der Waals surface area (Å²) in [5.74, 6) is -2.77. The number of esters is 1. The number of aromatic nitrogens is 3. The number of aliphatic hydroxyl groups is 5. The number of rotatable bonds is 15. The lowest BCUT2D eigenvalue weighted by Crippen LogP contribution is -2.60. The van der Waals surface area contributed by atoms with Gasteiger partial charge in [-0.05, 0) is 121 Å². The Hall–Kier alpha value is -2.07. The molecule has 4 aliphatic rings. The van der Waals surface area contributed by atoms with Crippen molar-refractivity contribution in [2.24, 2.45) is 23.2 Å². The fourth-order valence-corrected chi connectivity index (χ4v) is 12.7. The molecule has 5 N–H and O–H groups in total. The molecule has 0 amide bonds. The van der Waals surface area contributed by atoms with Gasteiger partial charge < -0.3 is 68.7 Å². The third-order valence-electron chi connectivity index (χ3n) is 17.0. The van der Waals surface area contributed by atoms with Gasteiger partial charge in [0.05, 0.1) is 47.7 Å². The molecule has 5 heterocycles. The summed E-state index contributed by atoms with van der Waals surface area (Å²) >= 11 is 1.84. The average Bonchev–Trinajstić information content (AvgIpc) is 3.83. The van der Waals surface area contributed by atoms with Crippen LogP contribution in [0.3, 0.4) is 0 Å². The molecule has 1 aromatic carbocycles. The molecule has 4 fully saturated rings. The van der Waals surface area contributed by atoms with Crippen molar-refractivity contribution in [1.82, 2.24) is 34.6 Å². The van der Waals surface area contributed by atoms with E-state index in [4.69, 9.17) is 28.4 Å². The number of benzene rings is 1. The molecule has 0 bridgehead atoms. The molecule has 2 aromatic rings. The zero-order valence-corrected chi connectivity index (χ0v) is 49.8. The van der Waals surface area contributed by atoms with Crippen molar-refractivity contribution in [3.63, 3.8) is 0 Å². The lowest BCUT2D eigenvalue weighted by molar-refractivity contribution is -0.312. The maximum absolute atomic E-state index is 15.0. The van der Waals surface area contributed by atoms with Crippen LogP contribution in [0.2, 0.25) is 0 Å². The summed E-state index contributed by atoms with van der Waals surface area (Å²) in [7, 11) is 7.45. The number of hydrogen-bond acceptors (Lipinski definition) is 18. The van der Waals surface area contributed by atoms with Gasteiger partial charge in [0.25, 0.3) is 0 Å². The Bertz CT molecular complexity index is 2120. The van der Waals surface area contributed by atoms with Crippen molar-refractivity contribution < 1.29 is 63.1 Å². The van der Waals surface area contributed by atoms with E-state index >= 15 is 0 Å². The molecule has 76 heavy (non-hydrogen) atoms. The Morgan fingerprint density at radius 1 is 0.934 bits per heavy atom. The summed E-state index contributed by atoms with van der Waals surface area (Å²) in [6.07, 6.45) is -6.10. The summed E-state index contributed by atoms with van der Waals surface area (Å²) < 4.78 is 53.6. The van der Waals surface area contributed by atoms with Crippen LogP contribution in [0, 0.1) is 23.2 Å². The fourth-order valence-electron chi connectivity index (χ4n) is 12.0. The zero-order valence-electron chi connectivity index (χ0n) is 47.7. The van der Waals surface area contributed by atoms with Gasteiger partial charge in [0.1, 0.15) is 36.6 Å². The van der Waals surface area contributed by atoms with Gasteiger partial charge in [0, 0.05) is 90.0 Å². The van der Waals surface area contributed by atoms with Gasteiger partial charge in [-0.25, -0.2) is 9.07 Å². The quantitative estimate of drug-likeness (QED) is 0.0952. The number of ether oxygens (including phenoxy) is 6. The van der Waals surface area contributed by atoms with Gasteiger partial charge in [0.2, 0.25) is 0 Å². The molecule has 4 saturated heterocycles. The predicted octanol–water partition coefficient (Wildman–Crippen LogP) is 4.35. The van der Waals surface area contributed by atoms with Crippen LogP contribution in [0.15, 0.2) is 30.5 Å². The summed E-state index contributed by atoms with van der Waals surface area (Å²) in [5.41, 5.74) is -1.44. The number of aliphatic hydroxyl groups excluding tert-OH is 3. The third-order valence-corrected chi connectivity index (χ3v) is 18.5. The molecule has 0 radical (unpaired) electrons. The Balaban J connectivity index is 1.21. The van der Waals surface area contributed by atoms with Gasteiger partial charge in [-0.2, -0.15) is 0 Å². The average molecular weight is 1190 g/mol. The molecule has 21 heteroatoms. The Morgan fingerprint density at radius 3 is 2.21 bits per heavy atom. The first-order valence-electron chi connectivity index (χ1n) is 27.4. The molecule has 6 rings (SSSR count). The highest BCUT2D eigenvalue weighted by atomic mass is 127. The molecule has 19 nitrogen and oxygen atoms in total. The second kappa shape index (κ2) is 26.7. The lowest BCUT2D eigenvalue weighted by Gasteiger charge is -2.48. The molecule has 1 aromatic heterocycles. The van der Waals surface area contributed by atoms with Crippen LogP contribution in [-0.2, 0) is 46.2 Å². The number of carbonyl (C=O) groups is 1. The van der Waals surface area contributed by atoms with Crippen molar-refractivity contribution in [2.45, 2.75) is 196 Å². The topological polar surface area (TPSA) is 217 Å². The molecule has 0 unspecified atom stereocenters. The lowest BCUT2D eigenvalue weighted by atomic mass is 9.77. The number of hydrogen-bond donors (Lipinski definition) is 5. The fraction of sp³-hybridized carbons (Fsp3) is 0.836. The first kappa shape index (κ1) is 63.1. The number of cyclic esters (lactones) is 1. The molecule has 0 spiro atoms. The standard InChI is InChI=1S/C55H93FIN7O12/c1-32-26-54(9,69)49(34(3)45(74-43-27-53(7,8)48(67)37(6)73-43)35(4)50(68)76-52(57)55(10,70)47(66)36(5)62(13)29-32)75-51-44(65)41(25-33(2)72-51)61(12)20-19-40-31-64(59-58-40)42(28-56)46(71-14)39-17-15-38(16-18-39)30-63-23-21-60(11)22-24-63/h15-18,31-37,41-49,51-52,65-67,69-70H,19-30H2,1-14H3/t32-,33-,34+,35-,36-,37+,41+,42-,43+,44-,45+,46-,47-,48+,49-,51+,52+,54-,55+/m1/s1. The van der Waals surface area contributed by atoms with Gasteiger partial charge in [-0.15, -0.1) is 5.10 Å². The van der Waals surface area contributed by atoms with E-state index < -0.39 is 119 Å². The molecule has 0 aliphatic carbocycles. The van der Waals surface area contributed by atoms with Crippen LogP contribution in [-0.4, -0.2) is 223 Å². The number of piperazine rings is 1. The van der Waals surface area contributed by atoms with E-state index in [0.29, 0.717) is 31.6 Å². The van der Waals surface area contributed by atoms with E-state index in [1.54, 1.807) is 41.0 Å². The number of carbonyl (C=O) groups excluding carboxylic acids is 1. The Labute approximate surface area is 465 Å². The maximum atomic E-state index is 15.0. The van der Waals surface area contributed by atoms with Crippen molar-refractivity contribution in [1.29, 1.82) is 0 Å². The Morgan fingerprint density at radius 2 is 1.59 bits per heavy atom. The summed E-state index contributed by atoms with van der Waals surface area (Å²) in [5, 5.41) is 68.2. The van der Waals surface area contributed by atoms with E-state index in [1.165, 1.54) is 17.2 Å². The molecular formula is C55H93FIN7O12. The highest BCUT2D eigenvalue weighted by molar-refractivity contribution is 14.1. The molecule has 4 aliphatic heterocycles. The van der Waals surface area contributed by atoms with E-state index in [1.807, 2.05) is 93.2 Å². The van der Waals surface area contributed by atoms with Crippen LogP contribution in [0.25, 0.3) is 0 Å². The third kappa shape index (κ3) is 15.3. The molecular weight excluding hydrogens is 1100 g/mol. The second-order valence-corrected chi connectivity index (χ2v) is 25.3. The first-order chi connectivity index (χ1) is 35.6. The summed E-state index contributed by atoms with van der Waals surface area (Å²) in [6.45, 7) is 23.0. The van der Waals surface area contributed by atoms with Crippen LogP contribution in [0.4, 0.5) is 4.39 Å². The van der Waals surface area contributed by atoms with Gasteiger partial charge >= 0.3 is 5.97 Å². The smallest absolute Gasteiger partial charge is 0.312 e. The SMILES string of the molecule is CO[C@H](c1ccc(CN2CCN(C)CC2)cc1)[C@@H](CF)n1cc(CCN(C)[C@H]2C[C@@H](C)O[C@@H](O[C@@H]3[C@@H](C)[C@H](O[C@H]4CC(C)(C)[C@@H](O)[C@H](C)O4)[C@@H](C)C(=O)O[C@H](I)[C@@](C)(O)[C@H](O)[C@@H](C)N(C)C[C@H](C)C[C@@]3(C)O)[C@@H]2O)nn1. The van der Waals surface area contributed by atoms with Crippen molar-refractivity contribution in [3.8, 4) is 0 Å². The maximum Gasteiger partial charge on any atom is 0.312 e. The largest absolute Gasteiger partial charge is 0.448 e. The molecule has 19 atom stereocenters. The van der Waals surface area contributed by atoms with Crippen molar-refractivity contribution >= 4 is 28.6 Å². The van der Waals surface area contributed by atoms with Gasteiger partial charge in [0.15, 0.2) is 16.7 Å².